The molecule has 0 aliphatic carbocycles. The summed E-state index contributed by atoms with van der Waals surface area (Å²) >= 11 is 0. The number of hydrogen-bond acceptors (Lipinski definition) is 3. The van der Waals surface area contributed by atoms with E-state index in [1.165, 1.54) is 5.56 Å². The number of nitrogens with two attached hydrogens (primary N) is 1. The van der Waals surface area contributed by atoms with Crippen molar-refractivity contribution in [2.45, 2.75) is 26.3 Å². The number of pyridine rings is 1. The predicted molar refractivity (Wildman–Crippen MR) is 78.2 cm³/mol. The lowest BCUT2D eigenvalue weighted by molar-refractivity contribution is 0.339. The Balaban J connectivity index is 2.19. The molecule has 100 valence electrons. The van der Waals surface area contributed by atoms with Crippen LogP contribution >= 0.6 is 0 Å². The average Bonchev–Trinajstić information content (AvgIpc) is 2.40. The van der Waals surface area contributed by atoms with Gasteiger partial charge in [0.25, 0.3) is 0 Å². The first kappa shape index (κ1) is 13.6. The van der Waals surface area contributed by atoms with Crippen molar-refractivity contribution in [3.05, 3.63) is 48.3 Å². The van der Waals surface area contributed by atoms with Crippen LogP contribution in [0.4, 0.5) is 0 Å². The number of rotatable bonds is 5. The largest absolute Gasteiger partial charge is 0.492 e. The molecule has 19 heavy (non-hydrogen) atoms. The zero-order chi connectivity index (χ0) is 13.7. The maximum absolute atomic E-state index is 5.80. The van der Waals surface area contributed by atoms with Gasteiger partial charge >= 0.3 is 0 Å². The van der Waals surface area contributed by atoms with Crippen LogP contribution in [0.1, 0.15) is 19.4 Å². The van der Waals surface area contributed by atoms with Gasteiger partial charge in [-0.3, -0.25) is 4.98 Å². The quantitative estimate of drug-likeness (QED) is 0.894. The third-order valence-corrected chi connectivity index (χ3v) is 2.87. The summed E-state index contributed by atoms with van der Waals surface area (Å²) in [6.45, 7) is 4.64. The van der Waals surface area contributed by atoms with Gasteiger partial charge in [0.15, 0.2) is 0 Å². The molecule has 1 heterocycles. The van der Waals surface area contributed by atoms with Gasteiger partial charge in [0.05, 0.1) is 12.8 Å². The van der Waals surface area contributed by atoms with Crippen LogP contribution in [0.3, 0.4) is 0 Å². The molecule has 0 aliphatic rings. The van der Waals surface area contributed by atoms with Crippen molar-refractivity contribution in [2.24, 2.45) is 5.73 Å². The molecule has 0 saturated heterocycles. The minimum Gasteiger partial charge on any atom is -0.492 e. The Kier molecular flexibility index (Phi) is 4.53. The van der Waals surface area contributed by atoms with Crippen molar-refractivity contribution >= 4 is 0 Å². The van der Waals surface area contributed by atoms with E-state index < -0.39 is 0 Å². The van der Waals surface area contributed by atoms with Crippen molar-refractivity contribution in [2.75, 3.05) is 6.61 Å². The molecule has 0 fully saturated rings. The molecule has 3 heteroatoms. The van der Waals surface area contributed by atoms with Gasteiger partial charge < -0.3 is 10.5 Å². The predicted octanol–water partition coefficient (Wildman–Crippen LogP) is 3.04. The Morgan fingerprint density at radius 2 is 1.89 bits per heavy atom. The molecule has 1 unspecified atom stereocenters. The molecular weight excluding hydrogens is 236 g/mol. The summed E-state index contributed by atoms with van der Waals surface area (Å²) in [6, 6.07) is 10.6. The normalized spacial score (nSPS) is 12.2. The SMILES string of the molecule is CCOc1cncc(-c2ccc(CC(C)N)cc2)c1. The fourth-order valence-corrected chi connectivity index (χ4v) is 2.03. The second-order valence-electron chi connectivity index (χ2n) is 4.72. The number of benzene rings is 1. The first-order chi connectivity index (χ1) is 9.19. The van der Waals surface area contributed by atoms with Crippen molar-refractivity contribution in [1.82, 2.24) is 4.98 Å². The highest BCUT2D eigenvalue weighted by molar-refractivity contribution is 5.64. The molecule has 0 spiro atoms. The van der Waals surface area contributed by atoms with E-state index in [1.54, 1.807) is 6.20 Å². The molecule has 2 N–H and O–H groups in total. The Bertz CT molecular complexity index is 521. The van der Waals surface area contributed by atoms with E-state index in [-0.39, 0.29) is 6.04 Å². The summed E-state index contributed by atoms with van der Waals surface area (Å²) in [4.78, 5) is 4.21. The zero-order valence-electron chi connectivity index (χ0n) is 11.5. The first-order valence-corrected chi connectivity index (χ1v) is 6.61. The second-order valence-corrected chi connectivity index (χ2v) is 4.72. The molecule has 0 amide bonds. The minimum absolute atomic E-state index is 0.189. The van der Waals surface area contributed by atoms with Crippen LogP contribution in [0.2, 0.25) is 0 Å². The van der Waals surface area contributed by atoms with Crippen LogP contribution in [0, 0.1) is 0 Å². The van der Waals surface area contributed by atoms with E-state index in [0.717, 1.165) is 23.3 Å². The topological polar surface area (TPSA) is 48.1 Å². The van der Waals surface area contributed by atoms with Crippen LogP contribution in [-0.4, -0.2) is 17.6 Å². The minimum atomic E-state index is 0.189. The van der Waals surface area contributed by atoms with E-state index in [4.69, 9.17) is 10.5 Å². The van der Waals surface area contributed by atoms with Crippen molar-refractivity contribution in [1.29, 1.82) is 0 Å². The summed E-state index contributed by atoms with van der Waals surface area (Å²) < 4.78 is 5.47. The van der Waals surface area contributed by atoms with Crippen molar-refractivity contribution in [3.63, 3.8) is 0 Å². The summed E-state index contributed by atoms with van der Waals surface area (Å²) in [5.74, 6) is 0.805. The Morgan fingerprint density at radius 1 is 1.16 bits per heavy atom. The molecule has 0 aliphatic heterocycles. The molecule has 1 aromatic heterocycles. The van der Waals surface area contributed by atoms with Gasteiger partial charge in [-0.15, -0.1) is 0 Å². The van der Waals surface area contributed by atoms with Gasteiger partial charge in [-0.2, -0.15) is 0 Å². The maximum atomic E-state index is 5.80. The number of ether oxygens (including phenoxy) is 1. The number of aromatic nitrogens is 1. The summed E-state index contributed by atoms with van der Waals surface area (Å²) in [6.07, 6.45) is 4.48. The molecule has 1 atom stereocenters. The van der Waals surface area contributed by atoms with Gasteiger partial charge in [0, 0.05) is 17.8 Å². The lowest BCUT2D eigenvalue weighted by atomic mass is 10.0. The fourth-order valence-electron chi connectivity index (χ4n) is 2.03. The van der Waals surface area contributed by atoms with Gasteiger partial charge in [-0.1, -0.05) is 24.3 Å². The zero-order valence-corrected chi connectivity index (χ0v) is 11.5. The fraction of sp³-hybridized carbons (Fsp3) is 0.312. The maximum Gasteiger partial charge on any atom is 0.138 e. The summed E-state index contributed by atoms with van der Waals surface area (Å²) in [7, 11) is 0. The Hall–Kier alpha value is -1.87. The lowest BCUT2D eigenvalue weighted by Crippen LogP contribution is -2.17. The molecule has 1 aromatic carbocycles. The second kappa shape index (κ2) is 6.34. The Morgan fingerprint density at radius 3 is 2.53 bits per heavy atom. The van der Waals surface area contributed by atoms with Crippen molar-refractivity contribution in [3.8, 4) is 16.9 Å². The van der Waals surface area contributed by atoms with Crippen molar-refractivity contribution < 1.29 is 4.74 Å². The highest BCUT2D eigenvalue weighted by Gasteiger charge is 2.02. The molecule has 2 rings (SSSR count). The van der Waals surface area contributed by atoms with Crippen LogP contribution in [0.15, 0.2) is 42.7 Å². The van der Waals surface area contributed by atoms with E-state index in [0.29, 0.717) is 6.61 Å². The highest BCUT2D eigenvalue weighted by atomic mass is 16.5. The molecular formula is C16H20N2O. The first-order valence-electron chi connectivity index (χ1n) is 6.61. The third-order valence-electron chi connectivity index (χ3n) is 2.87. The Labute approximate surface area is 114 Å². The number of nitrogens with zero attached hydrogens (tertiary/aromatic N) is 1. The van der Waals surface area contributed by atoms with Gasteiger partial charge in [-0.25, -0.2) is 0 Å². The third kappa shape index (κ3) is 3.80. The van der Waals surface area contributed by atoms with Crippen LogP contribution in [0.5, 0.6) is 5.75 Å². The molecule has 3 nitrogen and oxygen atoms in total. The lowest BCUT2D eigenvalue weighted by Gasteiger charge is -2.08. The monoisotopic (exact) mass is 256 g/mol. The molecule has 0 saturated carbocycles. The highest BCUT2D eigenvalue weighted by Crippen LogP contribution is 2.23. The van der Waals surface area contributed by atoms with E-state index >= 15 is 0 Å². The molecule has 0 radical (unpaired) electrons. The average molecular weight is 256 g/mol. The smallest absolute Gasteiger partial charge is 0.138 e. The summed E-state index contributed by atoms with van der Waals surface area (Å²) in [5, 5.41) is 0. The summed E-state index contributed by atoms with van der Waals surface area (Å²) in [5.41, 5.74) is 9.27. The van der Waals surface area contributed by atoms with E-state index in [1.807, 2.05) is 26.1 Å². The van der Waals surface area contributed by atoms with Gasteiger partial charge in [0.1, 0.15) is 5.75 Å². The number of hydrogen-bond donors (Lipinski definition) is 1. The van der Waals surface area contributed by atoms with Gasteiger partial charge in [0.2, 0.25) is 0 Å². The standard InChI is InChI=1S/C16H20N2O/c1-3-19-16-9-15(10-18-11-16)14-6-4-13(5-7-14)8-12(2)17/h4-7,9-12H,3,8,17H2,1-2H3. The molecule has 2 aromatic rings. The van der Waals surface area contributed by atoms with Crippen LogP contribution < -0.4 is 10.5 Å². The van der Waals surface area contributed by atoms with E-state index in [9.17, 15) is 0 Å². The molecule has 0 bridgehead atoms. The van der Waals surface area contributed by atoms with Gasteiger partial charge in [-0.05, 0) is 37.5 Å². The van der Waals surface area contributed by atoms with Crippen LogP contribution in [0.25, 0.3) is 11.1 Å². The van der Waals surface area contributed by atoms with Crippen LogP contribution in [-0.2, 0) is 6.42 Å². The van der Waals surface area contributed by atoms with E-state index in [2.05, 4.69) is 29.2 Å².